The molecule has 246 valence electrons. The molecule has 7 heteroatoms. The van der Waals surface area contributed by atoms with Crippen molar-refractivity contribution in [2.24, 2.45) is 0 Å². The summed E-state index contributed by atoms with van der Waals surface area (Å²) >= 11 is 0. The lowest BCUT2D eigenvalue weighted by Gasteiger charge is -2.39. The molecular formula is C42H40N4O3. The van der Waals surface area contributed by atoms with Gasteiger partial charge in [0.25, 0.3) is 0 Å². The van der Waals surface area contributed by atoms with Crippen LogP contribution in [0.15, 0.2) is 121 Å². The normalized spacial score (nSPS) is 17.3. The Morgan fingerprint density at radius 3 is 1.45 bits per heavy atom. The Hall–Kier alpha value is -5.11. The molecular weight excluding hydrogens is 608 g/mol. The van der Waals surface area contributed by atoms with E-state index in [9.17, 15) is 4.79 Å². The number of carbonyl (C=O) groups excluding carboxylic acids is 1. The molecule has 6 aromatic rings. The molecule has 2 aromatic heterocycles. The second-order valence-corrected chi connectivity index (χ2v) is 12.9. The molecule has 0 unspecified atom stereocenters. The molecule has 0 amide bonds. The van der Waals surface area contributed by atoms with Crippen molar-refractivity contribution in [2.75, 3.05) is 49.2 Å². The minimum Gasteiger partial charge on any atom is -0.371 e. The van der Waals surface area contributed by atoms with E-state index in [1.165, 1.54) is 16.8 Å². The van der Waals surface area contributed by atoms with E-state index < -0.39 is 0 Å². The Morgan fingerprint density at radius 1 is 0.531 bits per heavy atom. The van der Waals surface area contributed by atoms with Gasteiger partial charge in [-0.2, -0.15) is 0 Å². The second kappa shape index (κ2) is 13.8. The second-order valence-electron chi connectivity index (χ2n) is 12.9. The first-order valence-corrected chi connectivity index (χ1v) is 17.3. The van der Waals surface area contributed by atoms with Crippen LogP contribution in [0.2, 0.25) is 0 Å². The number of Topliss-reactive ketones (excluding diaryl/α,β-unsaturated/α-hetero) is 1. The standard InChI is InChI=1S/C22H22N2O2.C20H18N2O/c1-2-6-17(7-3-1)20-16-21(18-8-4-5-9-19(18)23-20)24-12-10-22(11-13-24)25-14-15-26-22;23-16-10-12-22(13-11-16)20-14-19(15-6-2-1-3-7-15)21-18-9-5-4-8-17(18)20/h1-9,16H,10-15H2;1-9,14H,10-13H2. The largest absolute Gasteiger partial charge is 0.371 e. The molecule has 0 bridgehead atoms. The molecule has 4 aromatic carbocycles. The third-order valence-corrected chi connectivity index (χ3v) is 9.87. The maximum absolute atomic E-state index is 11.6. The zero-order valence-corrected chi connectivity index (χ0v) is 27.6. The number of ketones is 1. The van der Waals surface area contributed by atoms with Crippen molar-refractivity contribution in [3.05, 3.63) is 121 Å². The molecule has 49 heavy (non-hydrogen) atoms. The number of nitrogens with zero attached hydrogens (tertiary/aromatic N) is 4. The molecule has 0 atom stereocenters. The van der Waals surface area contributed by atoms with E-state index in [0.717, 1.165) is 91.2 Å². The molecule has 3 aliphatic heterocycles. The van der Waals surface area contributed by atoms with Gasteiger partial charge in [-0.05, 0) is 24.3 Å². The average molecular weight is 649 g/mol. The van der Waals surface area contributed by atoms with Gasteiger partial charge in [-0.25, -0.2) is 9.97 Å². The topological polar surface area (TPSA) is 67.8 Å². The van der Waals surface area contributed by atoms with Crippen molar-refractivity contribution < 1.29 is 14.3 Å². The maximum atomic E-state index is 11.6. The minimum absolute atomic E-state index is 0.346. The van der Waals surface area contributed by atoms with Crippen molar-refractivity contribution in [3.8, 4) is 22.5 Å². The highest BCUT2D eigenvalue weighted by Gasteiger charge is 2.40. The molecule has 0 N–H and O–H groups in total. The van der Waals surface area contributed by atoms with Crippen molar-refractivity contribution in [1.29, 1.82) is 0 Å². The Balaban J connectivity index is 0.000000143. The van der Waals surface area contributed by atoms with Gasteiger partial charge in [0, 0.05) is 85.1 Å². The Kier molecular flexibility index (Phi) is 8.77. The number of hydrogen-bond donors (Lipinski definition) is 0. The first-order valence-electron chi connectivity index (χ1n) is 17.3. The summed E-state index contributed by atoms with van der Waals surface area (Å²) in [6.45, 7) is 4.89. The highest BCUT2D eigenvalue weighted by molar-refractivity contribution is 5.96. The molecule has 5 heterocycles. The Bertz CT molecular complexity index is 2060. The highest BCUT2D eigenvalue weighted by Crippen LogP contribution is 2.37. The van der Waals surface area contributed by atoms with Gasteiger partial charge in [-0.15, -0.1) is 0 Å². The van der Waals surface area contributed by atoms with E-state index in [2.05, 4.69) is 94.7 Å². The summed E-state index contributed by atoms with van der Waals surface area (Å²) < 4.78 is 11.8. The molecule has 0 aliphatic carbocycles. The van der Waals surface area contributed by atoms with Crippen molar-refractivity contribution in [3.63, 3.8) is 0 Å². The van der Waals surface area contributed by atoms with Crippen molar-refractivity contribution >= 4 is 39.0 Å². The van der Waals surface area contributed by atoms with Gasteiger partial charge in [0.15, 0.2) is 5.79 Å². The number of piperidine rings is 2. The van der Waals surface area contributed by atoms with Crippen LogP contribution in [-0.2, 0) is 14.3 Å². The molecule has 3 fully saturated rings. The fourth-order valence-electron chi connectivity index (χ4n) is 7.22. The predicted octanol–water partition coefficient (Wildman–Crippen LogP) is 8.32. The number of benzene rings is 4. The van der Waals surface area contributed by atoms with E-state index in [1.807, 2.05) is 36.4 Å². The van der Waals surface area contributed by atoms with Crippen LogP contribution in [0.5, 0.6) is 0 Å². The van der Waals surface area contributed by atoms with Gasteiger partial charge >= 0.3 is 0 Å². The average Bonchev–Trinajstić information content (AvgIpc) is 3.63. The van der Waals surface area contributed by atoms with Crippen LogP contribution < -0.4 is 9.80 Å². The van der Waals surface area contributed by atoms with Crippen LogP contribution in [0.1, 0.15) is 25.7 Å². The highest BCUT2D eigenvalue weighted by atomic mass is 16.7. The number of aromatic nitrogens is 2. The zero-order valence-electron chi connectivity index (χ0n) is 27.6. The summed E-state index contributed by atoms with van der Waals surface area (Å²) in [4.78, 5) is 26.0. The fourth-order valence-corrected chi connectivity index (χ4v) is 7.22. The molecule has 0 saturated carbocycles. The lowest BCUT2D eigenvalue weighted by Crippen LogP contribution is -2.45. The third-order valence-electron chi connectivity index (χ3n) is 9.87. The number of fused-ring (bicyclic) bond motifs is 2. The Morgan fingerprint density at radius 2 is 0.959 bits per heavy atom. The van der Waals surface area contributed by atoms with E-state index in [-0.39, 0.29) is 5.79 Å². The van der Waals surface area contributed by atoms with Gasteiger partial charge in [0.05, 0.1) is 35.6 Å². The third kappa shape index (κ3) is 6.64. The van der Waals surface area contributed by atoms with Crippen molar-refractivity contribution in [1.82, 2.24) is 9.97 Å². The van der Waals surface area contributed by atoms with E-state index in [4.69, 9.17) is 19.4 Å². The van der Waals surface area contributed by atoms with Gasteiger partial charge < -0.3 is 19.3 Å². The number of carbonyl (C=O) groups is 1. The Labute approximate surface area is 287 Å². The smallest absolute Gasteiger partial charge is 0.171 e. The number of hydrogen-bond acceptors (Lipinski definition) is 7. The monoisotopic (exact) mass is 648 g/mol. The number of para-hydroxylation sites is 2. The maximum Gasteiger partial charge on any atom is 0.171 e. The molecule has 0 radical (unpaired) electrons. The number of pyridine rings is 2. The number of anilines is 2. The van der Waals surface area contributed by atoms with Gasteiger partial charge in [0.1, 0.15) is 5.78 Å². The number of rotatable bonds is 4. The van der Waals surface area contributed by atoms with Crippen LogP contribution in [0.25, 0.3) is 44.3 Å². The fraction of sp³-hybridized carbons (Fsp3) is 0.262. The number of ether oxygens (including phenoxy) is 2. The van der Waals surface area contributed by atoms with Gasteiger partial charge in [-0.3, -0.25) is 4.79 Å². The SMILES string of the molecule is O=C1CCN(c2cc(-c3ccccc3)nc3ccccc23)CC1.c1ccc(-c2cc(N3CCC4(CC3)OCCO4)c3ccccc3n2)cc1. The van der Waals surface area contributed by atoms with Crippen LogP contribution in [0.3, 0.4) is 0 Å². The summed E-state index contributed by atoms with van der Waals surface area (Å²) in [6.07, 6.45) is 3.09. The first-order chi connectivity index (χ1) is 24.1. The lowest BCUT2D eigenvalue weighted by atomic mass is 10.0. The lowest BCUT2D eigenvalue weighted by molar-refractivity contribution is -0.169. The van der Waals surface area contributed by atoms with Gasteiger partial charge in [-0.1, -0.05) is 97.1 Å². The minimum atomic E-state index is -0.346. The van der Waals surface area contributed by atoms with Crippen LogP contribution in [0.4, 0.5) is 11.4 Å². The summed E-state index contributed by atoms with van der Waals surface area (Å²) in [7, 11) is 0. The molecule has 3 saturated heterocycles. The summed E-state index contributed by atoms with van der Waals surface area (Å²) in [5, 5.41) is 2.36. The summed E-state index contributed by atoms with van der Waals surface area (Å²) in [6, 6.07) is 41.7. The molecule has 7 nitrogen and oxygen atoms in total. The predicted molar refractivity (Wildman–Crippen MR) is 197 cm³/mol. The van der Waals surface area contributed by atoms with Crippen molar-refractivity contribution in [2.45, 2.75) is 31.5 Å². The molecule has 9 rings (SSSR count). The zero-order chi connectivity index (χ0) is 33.0. The first kappa shape index (κ1) is 31.2. The molecule has 1 spiro atoms. The molecule has 3 aliphatic rings. The van der Waals surface area contributed by atoms with Crippen LogP contribution >= 0.6 is 0 Å². The van der Waals surface area contributed by atoms with E-state index >= 15 is 0 Å². The summed E-state index contributed by atoms with van der Waals surface area (Å²) in [5.74, 6) is 0.0182. The summed E-state index contributed by atoms with van der Waals surface area (Å²) in [5.41, 5.74) is 8.75. The quantitative estimate of drug-likeness (QED) is 0.190. The van der Waals surface area contributed by atoms with Crippen LogP contribution in [-0.4, -0.2) is 60.9 Å². The van der Waals surface area contributed by atoms with E-state index in [0.29, 0.717) is 18.6 Å². The van der Waals surface area contributed by atoms with E-state index in [1.54, 1.807) is 0 Å². The van der Waals surface area contributed by atoms with Crippen LogP contribution in [0, 0.1) is 0 Å². The van der Waals surface area contributed by atoms with Gasteiger partial charge in [0.2, 0.25) is 0 Å².